The average Bonchev–Trinajstić information content (AvgIpc) is 2.73. The van der Waals surface area contributed by atoms with Crippen LogP contribution in [-0.4, -0.2) is 32.8 Å². The van der Waals surface area contributed by atoms with Crippen LogP contribution in [0.1, 0.15) is 22.9 Å². The number of hydrogen-bond donors (Lipinski definition) is 2. The van der Waals surface area contributed by atoms with Gasteiger partial charge in [-0.15, -0.1) is 0 Å². The highest BCUT2D eigenvalue weighted by molar-refractivity contribution is 6.07. The Morgan fingerprint density at radius 1 is 1.17 bits per heavy atom. The summed E-state index contributed by atoms with van der Waals surface area (Å²) in [5.74, 6) is -0.543. The van der Waals surface area contributed by atoms with Crippen molar-refractivity contribution >= 4 is 27.8 Å². The van der Waals surface area contributed by atoms with Crippen molar-refractivity contribution in [1.29, 1.82) is 0 Å². The Bertz CT molecular complexity index is 1290. The van der Waals surface area contributed by atoms with Gasteiger partial charge < -0.3 is 14.9 Å². The second-order valence-corrected chi connectivity index (χ2v) is 7.15. The molecule has 0 amide bonds. The maximum absolute atomic E-state index is 11.7. The summed E-state index contributed by atoms with van der Waals surface area (Å²) in [5, 5.41) is 21.8. The van der Waals surface area contributed by atoms with E-state index in [1.807, 2.05) is 42.5 Å². The molecule has 0 aliphatic carbocycles. The number of nitrogens with zero attached hydrogens (tertiary/aromatic N) is 2. The number of hydrogen-bond acceptors (Lipinski definition) is 5. The molecule has 144 valence electrons. The summed E-state index contributed by atoms with van der Waals surface area (Å²) < 4.78 is 5.82. The first-order valence-corrected chi connectivity index (χ1v) is 9.40. The topological polar surface area (TPSA) is 92.5 Å². The minimum absolute atomic E-state index is 0.287. The highest BCUT2D eigenvalue weighted by Gasteiger charge is 2.27. The fraction of sp³-hybridized carbons (Fsp3) is 0.174. The fourth-order valence-corrected chi connectivity index (χ4v) is 4.20. The summed E-state index contributed by atoms with van der Waals surface area (Å²) in [4.78, 5) is 20.8. The summed E-state index contributed by atoms with van der Waals surface area (Å²) in [7, 11) is 0. The first-order chi connectivity index (χ1) is 14.1. The third kappa shape index (κ3) is 2.64. The van der Waals surface area contributed by atoms with E-state index in [-0.39, 0.29) is 5.56 Å². The number of carboxylic acids is 1. The fourth-order valence-electron chi connectivity index (χ4n) is 4.20. The molecule has 0 fully saturated rings. The summed E-state index contributed by atoms with van der Waals surface area (Å²) >= 11 is 0. The number of aliphatic hydroxyl groups is 1. The number of carboxylic acid groups (broad SMARTS) is 1. The van der Waals surface area contributed by atoms with Crippen molar-refractivity contribution in [2.24, 2.45) is 0 Å². The summed E-state index contributed by atoms with van der Waals surface area (Å²) in [6.45, 7) is 2.34. The van der Waals surface area contributed by atoms with Crippen LogP contribution in [0.4, 0.5) is 0 Å². The summed E-state index contributed by atoms with van der Waals surface area (Å²) in [5.41, 5.74) is 4.78. The van der Waals surface area contributed by atoms with Crippen LogP contribution < -0.4 is 4.74 Å². The van der Waals surface area contributed by atoms with Crippen LogP contribution in [0.25, 0.3) is 32.9 Å². The zero-order valence-electron chi connectivity index (χ0n) is 15.7. The van der Waals surface area contributed by atoms with Gasteiger partial charge in [-0.25, -0.2) is 4.79 Å². The molecule has 0 saturated carbocycles. The number of ether oxygens (including phenoxy) is 1. The van der Waals surface area contributed by atoms with Crippen LogP contribution in [0.5, 0.6) is 5.75 Å². The molecular formula is C23H18N2O4. The van der Waals surface area contributed by atoms with Gasteiger partial charge in [-0.2, -0.15) is 0 Å². The molecule has 0 radical (unpaired) electrons. The van der Waals surface area contributed by atoms with E-state index in [1.54, 1.807) is 13.1 Å². The van der Waals surface area contributed by atoms with Crippen molar-refractivity contribution in [2.75, 3.05) is 6.61 Å². The first kappa shape index (κ1) is 17.6. The monoisotopic (exact) mass is 386 g/mol. The number of benzene rings is 2. The van der Waals surface area contributed by atoms with Crippen LogP contribution in [0.3, 0.4) is 0 Å². The van der Waals surface area contributed by atoms with Crippen LogP contribution in [0.15, 0.2) is 48.7 Å². The van der Waals surface area contributed by atoms with E-state index in [4.69, 9.17) is 4.74 Å². The van der Waals surface area contributed by atoms with Gasteiger partial charge in [0.25, 0.3) is 0 Å². The predicted octanol–water partition coefficient (Wildman–Crippen LogP) is 3.81. The van der Waals surface area contributed by atoms with Crippen LogP contribution in [0, 0.1) is 6.92 Å². The van der Waals surface area contributed by atoms with Gasteiger partial charge in [0.1, 0.15) is 5.75 Å². The SMILES string of the molecule is Cc1nc2ccccc2c(-c2ccc3c4c(ccnc24)CCO3)c1C(O)C(=O)O. The minimum atomic E-state index is -1.69. The number of pyridine rings is 2. The molecule has 0 bridgehead atoms. The van der Waals surface area contributed by atoms with Crippen molar-refractivity contribution in [3.63, 3.8) is 0 Å². The number of aromatic nitrogens is 2. The minimum Gasteiger partial charge on any atom is -0.493 e. The molecule has 0 saturated heterocycles. The maximum atomic E-state index is 11.7. The average molecular weight is 386 g/mol. The predicted molar refractivity (Wildman–Crippen MR) is 109 cm³/mol. The molecule has 1 unspecified atom stereocenters. The zero-order chi connectivity index (χ0) is 20.1. The van der Waals surface area contributed by atoms with Crippen molar-refractivity contribution in [2.45, 2.75) is 19.4 Å². The Labute approximate surface area is 166 Å². The van der Waals surface area contributed by atoms with Gasteiger partial charge in [-0.05, 0) is 36.8 Å². The molecule has 2 aromatic heterocycles. The van der Waals surface area contributed by atoms with E-state index in [1.165, 1.54) is 0 Å². The summed E-state index contributed by atoms with van der Waals surface area (Å²) in [6.07, 6.45) is 0.861. The third-order valence-corrected chi connectivity index (χ3v) is 5.47. The molecule has 6 heteroatoms. The summed E-state index contributed by atoms with van der Waals surface area (Å²) in [6, 6.07) is 13.3. The van der Waals surface area contributed by atoms with Crippen molar-refractivity contribution in [1.82, 2.24) is 9.97 Å². The van der Waals surface area contributed by atoms with Crippen LogP contribution >= 0.6 is 0 Å². The molecule has 0 spiro atoms. The Hall–Kier alpha value is -3.51. The Morgan fingerprint density at radius 2 is 2.00 bits per heavy atom. The highest BCUT2D eigenvalue weighted by atomic mass is 16.5. The van der Waals surface area contributed by atoms with E-state index in [0.717, 1.165) is 45.1 Å². The van der Waals surface area contributed by atoms with E-state index in [2.05, 4.69) is 9.97 Å². The molecule has 2 N–H and O–H groups in total. The molecular weight excluding hydrogens is 368 g/mol. The molecule has 1 atom stereocenters. The first-order valence-electron chi connectivity index (χ1n) is 9.40. The zero-order valence-corrected chi connectivity index (χ0v) is 15.7. The lowest BCUT2D eigenvalue weighted by Gasteiger charge is -2.22. The van der Waals surface area contributed by atoms with Gasteiger partial charge in [0, 0.05) is 45.8 Å². The highest BCUT2D eigenvalue weighted by Crippen LogP contribution is 2.42. The van der Waals surface area contributed by atoms with Gasteiger partial charge >= 0.3 is 5.97 Å². The Kier molecular flexibility index (Phi) is 3.96. The van der Waals surface area contributed by atoms with Crippen molar-refractivity contribution in [3.8, 4) is 16.9 Å². The quantitative estimate of drug-likeness (QED) is 0.556. The molecule has 6 nitrogen and oxygen atoms in total. The molecule has 1 aliphatic heterocycles. The number of aliphatic hydroxyl groups excluding tert-OH is 1. The van der Waals surface area contributed by atoms with Crippen LogP contribution in [-0.2, 0) is 11.2 Å². The van der Waals surface area contributed by atoms with Gasteiger partial charge in [-0.1, -0.05) is 18.2 Å². The molecule has 4 aromatic rings. The maximum Gasteiger partial charge on any atom is 0.337 e. The molecule has 2 aromatic carbocycles. The van der Waals surface area contributed by atoms with Gasteiger partial charge in [0.05, 0.1) is 17.6 Å². The largest absolute Gasteiger partial charge is 0.493 e. The van der Waals surface area contributed by atoms with E-state index in [0.29, 0.717) is 17.9 Å². The van der Waals surface area contributed by atoms with Crippen LogP contribution in [0.2, 0.25) is 0 Å². The second kappa shape index (κ2) is 6.53. The molecule has 3 heterocycles. The molecule has 29 heavy (non-hydrogen) atoms. The lowest BCUT2D eigenvalue weighted by atomic mass is 9.89. The van der Waals surface area contributed by atoms with E-state index in [9.17, 15) is 15.0 Å². The Morgan fingerprint density at radius 3 is 2.83 bits per heavy atom. The van der Waals surface area contributed by atoms with Gasteiger partial charge in [0.2, 0.25) is 0 Å². The number of aryl methyl sites for hydroxylation is 1. The van der Waals surface area contributed by atoms with Gasteiger partial charge in [-0.3, -0.25) is 9.97 Å². The van der Waals surface area contributed by atoms with Crippen molar-refractivity contribution in [3.05, 3.63) is 65.5 Å². The van der Waals surface area contributed by atoms with Gasteiger partial charge in [0.15, 0.2) is 6.10 Å². The lowest BCUT2D eigenvalue weighted by Crippen LogP contribution is -2.15. The lowest BCUT2D eigenvalue weighted by molar-refractivity contribution is -0.146. The second-order valence-electron chi connectivity index (χ2n) is 7.15. The number of rotatable bonds is 3. The smallest absolute Gasteiger partial charge is 0.337 e. The number of para-hydroxylation sites is 1. The molecule has 5 rings (SSSR count). The third-order valence-electron chi connectivity index (χ3n) is 5.47. The number of fused-ring (bicyclic) bond motifs is 1. The molecule has 1 aliphatic rings. The van der Waals surface area contributed by atoms with E-state index < -0.39 is 12.1 Å². The number of aliphatic carboxylic acids is 1. The normalized spacial score (nSPS) is 14.0. The Balaban J connectivity index is 1.95. The van der Waals surface area contributed by atoms with E-state index >= 15 is 0 Å². The van der Waals surface area contributed by atoms with Crippen molar-refractivity contribution < 1.29 is 19.7 Å². The number of carbonyl (C=O) groups is 1. The standard InChI is InChI=1S/C23H18N2O4/c1-12-18(22(26)23(27)28)20(14-4-2-3-5-16(14)25-12)15-6-7-17-19-13(9-11-29-17)8-10-24-21(15)19/h2-8,10,22,26H,9,11H2,1H3,(H,27,28).